The summed E-state index contributed by atoms with van der Waals surface area (Å²) in [5.41, 5.74) is 1.17. The van der Waals surface area contributed by atoms with Crippen LogP contribution < -0.4 is 5.32 Å². The molecule has 0 spiro atoms. The molecule has 17 heavy (non-hydrogen) atoms. The molecular weight excluding hydrogens is 222 g/mol. The van der Waals surface area contributed by atoms with Gasteiger partial charge in [0.1, 0.15) is 11.7 Å². The minimum absolute atomic E-state index is 0.240. The van der Waals surface area contributed by atoms with Gasteiger partial charge < -0.3 is 10.4 Å². The number of hydrogen-bond donors (Lipinski definition) is 2. The number of nitrogens with one attached hydrogen (secondary N) is 1. The minimum atomic E-state index is -1.07. The maximum Gasteiger partial charge on any atom is 0.325 e. The van der Waals surface area contributed by atoms with E-state index in [0.29, 0.717) is 0 Å². The molecule has 0 aliphatic heterocycles. The van der Waals surface area contributed by atoms with E-state index in [2.05, 4.69) is 10.4 Å². The number of aromatic nitrogens is 2. The normalized spacial score (nSPS) is 12.5. The second-order valence-electron chi connectivity index (χ2n) is 4.27. The van der Waals surface area contributed by atoms with Crippen LogP contribution in [-0.2, 0) is 11.8 Å². The van der Waals surface area contributed by atoms with Crippen LogP contribution in [0.3, 0.4) is 0 Å². The van der Waals surface area contributed by atoms with Gasteiger partial charge >= 0.3 is 5.97 Å². The first kappa shape index (κ1) is 13.2. The van der Waals surface area contributed by atoms with E-state index in [4.69, 9.17) is 5.11 Å². The summed E-state index contributed by atoms with van der Waals surface area (Å²) in [6.07, 6.45) is 0. The summed E-state index contributed by atoms with van der Waals surface area (Å²) in [5, 5.41) is 15.1. The first-order valence-electron chi connectivity index (χ1n) is 5.40. The Morgan fingerprint density at radius 3 is 2.41 bits per heavy atom. The van der Waals surface area contributed by atoms with Crippen molar-refractivity contribution in [1.29, 1.82) is 0 Å². The Labute approximate surface area is 99.6 Å². The number of carbonyl (C=O) groups is 2. The first-order chi connectivity index (χ1) is 7.82. The largest absolute Gasteiger partial charge is 0.480 e. The number of hydrogen-bond acceptors (Lipinski definition) is 3. The highest BCUT2D eigenvalue weighted by Crippen LogP contribution is 2.14. The smallest absolute Gasteiger partial charge is 0.325 e. The number of nitrogens with zero attached hydrogens (tertiary/aromatic N) is 2. The first-order valence-corrected chi connectivity index (χ1v) is 5.40. The monoisotopic (exact) mass is 239 g/mol. The fourth-order valence-electron chi connectivity index (χ4n) is 1.47. The van der Waals surface area contributed by atoms with Crippen LogP contribution in [0, 0.1) is 0 Å². The second-order valence-corrected chi connectivity index (χ2v) is 4.27. The average Bonchev–Trinajstić information content (AvgIpc) is 2.60. The Morgan fingerprint density at radius 2 is 2.00 bits per heavy atom. The fourth-order valence-corrected chi connectivity index (χ4v) is 1.47. The lowest BCUT2D eigenvalue weighted by molar-refractivity contribution is -0.138. The van der Waals surface area contributed by atoms with Gasteiger partial charge in [0.15, 0.2) is 0 Å². The maximum absolute atomic E-state index is 11.7. The molecule has 0 aliphatic rings. The van der Waals surface area contributed by atoms with Crippen LogP contribution in [0.15, 0.2) is 6.07 Å². The summed E-state index contributed by atoms with van der Waals surface area (Å²) in [7, 11) is 1.76. The number of carboxylic acids is 1. The van der Waals surface area contributed by atoms with E-state index in [-0.39, 0.29) is 11.6 Å². The molecule has 0 radical (unpaired) electrons. The lowest BCUT2D eigenvalue weighted by Crippen LogP contribution is -2.38. The maximum atomic E-state index is 11.7. The summed E-state index contributed by atoms with van der Waals surface area (Å²) in [4.78, 5) is 22.3. The van der Waals surface area contributed by atoms with Crippen molar-refractivity contribution in [2.75, 3.05) is 0 Å². The van der Waals surface area contributed by atoms with Crippen molar-refractivity contribution in [3.63, 3.8) is 0 Å². The van der Waals surface area contributed by atoms with Crippen LogP contribution in [0.2, 0.25) is 0 Å². The van der Waals surface area contributed by atoms with Crippen molar-refractivity contribution in [1.82, 2.24) is 15.1 Å². The fraction of sp³-hybridized carbons (Fsp3) is 0.545. The van der Waals surface area contributed by atoms with Gasteiger partial charge in [0, 0.05) is 12.7 Å². The molecule has 0 aromatic carbocycles. The lowest BCUT2D eigenvalue weighted by Gasteiger charge is -2.06. The molecule has 94 valence electrons. The molecule has 0 saturated carbocycles. The van der Waals surface area contributed by atoms with Gasteiger partial charge in [-0.2, -0.15) is 5.10 Å². The van der Waals surface area contributed by atoms with Crippen molar-refractivity contribution in [2.45, 2.75) is 32.7 Å². The third-order valence-corrected chi connectivity index (χ3v) is 2.46. The van der Waals surface area contributed by atoms with E-state index in [9.17, 15) is 9.59 Å². The van der Waals surface area contributed by atoms with E-state index in [1.54, 1.807) is 17.8 Å². The van der Waals surface area contributed by atoms with Crippen molar-refractivity contribution in [2.24, 2.45) is 7.05 Å². The molecule has 0 fully saturated rings. The topological polar surface area (TPSA) is 84.2 Å². The Hall–Kier alpha value is -1.85. The Bertz CT molecular complexity index is 437. The average molecular weight is 239 g/mol. The number of amides is 1. The van der Waals surface area contributed by atoms with Crippen LogP contribution >= 0.6 is 0 Å². The molecule has 0 bridgehead atoms. The van der Waals surface area contributed by atoms with Gasteiger partial charge in [-0.3, -0.25) is 14.3 Å². The summed E-state index contributed by atoms with van der Waals surface area (Å²) >= 11 is 0. The minimum Gasteiger partial charge on any atom is -0.480 e. The predicted octanol–water partition coefficient (Wildman–Crippen LogP) is 0.746. The standard InChI is InChI=1S/C11H17N3O3/c1-6(2)9-5-8(13-14(9)4)10(15)12-7(3)11(16)17/h5-7H,1-4H3,(H,12,15)(H,16,17)/t7-/m1/s1. The zero-order chi connectivity index (χ0) is 13.2. The highest BCUT2D eigenvalue weighted by atomic mass is 16.4. The summed E-state index contributed by atoms with van der Waals surface area (Å²) in [6, 6.07) is 0.751. The van der Waals surface area contributed by atoms with Gasteiger partial charge in [0.2, 0.25) is 0 Å². The number of carbonyl (C=O) groups excluding carboxylic acids is 1. The van der Waals surface area contributed by atoms with Crippen LogP contribution in [-0.4, -0.2) is 32.8 Å². The van der Waals surface area contributed by atoms with Gasteiger partial charge in [0.05, 0.1) is 0 Å². The molecule has 2 N–H and O–H groups in total. The van der Waals surface area contributed by atoms with Crippen molar-refractivity contribution in [3.05, 3.63) is 17.5 Å². The molecule has 6 nitrogen and oxygen atoms in total. The van der Waals surface area contributed by atoms with E-state index >= 15 is 0 Å². The van der Waals surface area contributed by atoms with Gasteiger partial charge in [-0.15, -0.1) is 0 Å². The van der Waals surface area contributed by atoms with Crippen molar-refractivity contribution < 1.29 is 14.7 Å². The van der Waals surface area contributed by atoms with Gasteiger partial charge in [0.25, 0.3) is 5.91 Å². The zero-order valence-electron chi connectivity index (χ0n) is 10.4. The van der Waals surface area contributed by atoms with Crippen LogP contribution in [0.4, 0.5) is 0 Å². The van der Waals surface area contributed by atoms with Gasteiger partial charge in [-0.05, 0) is 18.9 Å². The molecule has 0 aliphatic carbocycles. The van der Waals surface area contributed by atoms with Crippen LogP contribution in [0.1, 0.15) is 42.9 Å². The van der Waals surface area contributed by atoms with Crippen LogP contribution in [0.5, 0.6) is 0 Å². The number of aryl methyl sites for hydroxylation is 1. The van der Waals surface area contributed by atoms with Crippen molar-refractivity contribution in [3.8, 4) is 0 Å². The summed E-state index contributed by atoms with van der Waals surface area (Å²) in [6.45, 7) is 5.41. The van der Waals surface area contributed by atoms with E-state index in [1.807, 2.05) is 13.8 Å². The number of aliphatic carboxylic acids is 1. The third-order valence-electron chi connectivity index (χ3n) is 2.46. The number of rotatable bonds is 4. The summed E-state index contributed by atoms with van der Waals surface area (Å²) in [5.74, 6) is -1.29. The molecule has 1 amide bonds. The molecule has 6 heteroatoms. The van der Waals surface area contributed by atoms with Crippen LogP contribution in [0.25, 0.3) is 0 Å². The van der Waals surface area contributed by atoms with Gasteiger partial charge in [-0.1, -0.05) is 13.8 Å². The Kier molecular flexibility index (Phi) is 3.88. The third kappa shape index (κ3) is 3.05. The Morgan fingerprint density at radius 1 is 1.41 bits per heavy atom. The molecule has 0 unspecified atom stereocenters. The SMILES string of the molecule is CC(C)c1cc(C(=O)N[C@H](C)C(=O)O)nn1C. The predicted molar refractivity (Wildman–Crippen MR) is 61.9 cm³/mol. The number of carboxylic acid groups (broad SMARTS) is 1. The van der Waals surface area contributed by atoms with Crippen molar-refractivity contribution >= 4 is 11.9 Å². The molecule has 1 heterocycles. The quantitative estimate of drug-likeness (QED) is 0.811. The molecular formula is C11H17N3O3. The Balaban J connectivity index is 2.83. The molecule has 0 saturated heterocycles. The zero-order valence-corrected chi connectivity index (χ0v) is 10.4. The van der Waals surface area contributed by atoms with E-state index < -0.39 is 17.9 Å². The highest BCUT2D eigenvalue weighted by molar-refractivity contribution is 5.94. The van der Waals surface area contributed by atoms with Gasteiger partial charge in [-0.25, -0.2) is 0 Å². The van der Waals surface area contributed by atoms with E-state index in [0.717, 1.165) is 5.69 Å². The molecule has 1 aromatic heterocycles. The molecule has 1 rings (SSSR count). The molecule has 1 atom stereocenters. The highest BCUT2D eigenvalue weighted by Gasteiger charge is 2.19. The second kappa shape index (κ2) is 4.99. The lowest BCUT2D eigenvalue weighted by atomic mass is 10.1. The molecule has 1 aromatic rings. The van der Waals surface area contributed by atoms with E-state index in [1.165, 1.54) is 6.92 Å². The summed E-state index contributed by atoms with van der Waals surface area (Å²) < 4.78 is 1.63.